The zero-order chi connectivity index (χ0) is 20.9. The molecule has 2 aromatic rings. The van der Waals surface area contributed by atoms with E-state index in [9.17, 15) is 4.79 Å². The molecular weight excluding hydrogens is 398 g/mol. The van der Waals surface area contributed by atoms with Crippen LogP contribution in [0, 0.1) is 0 Å². The van der Waals surface area contributed by atoms with Crippen molar-refractivity contribution in [2.24, 2.45) is 0 Å². The van der Waals surface area contributed by atoms with Gasteiger partial charge >= 0.3 is 0 Å². The van der Waals surface area contributed by atoms with Gasteiger partial charge in [0, 0.05) is 43.9 Å². The average Bonchev–Trinajstić information content (AvgIpc) is 3.33. The van der Waals surface area contributed by atoms with Gasteiger partial charge in [-0.2, -0.15) is 0 Å². The number of nitrogens with zero attached hydrogens (tertiary/aromatic N) is 1. The van der Waals surface area contributed by atoms with Gasteiger partial charge in [-0.1, -0.05) is 54.1 Å². The normalized spacial score (nSPS) is 21.7. The Hall–Kier alpha value is -1.92. The van der Waals surface area contributed by atoms with E-state index in [1.54, 1.807) is 7.11 Å². The van der Waals surface area contributed by atoms with Crippen LogP contribution in [-0.4, -0.2) is 55.7 Å². The third-order valence-electron chi connectivity index (χ3n) is 6.17. The molecule has 1 saturated heterocycles. The summed E-state index contributed by atoms with van der Waals surface area (Å²) in [5.74, 6) is 0.0677. The predicted octanol–water partition coefficient (Wildman–Crippen LogP) is 2.80. The molecule has 0 unspecified atom stereocenters. The van der Waals surface area contributed by atoms with Crippen molar-refractivity contribution in [3.8, 4) is 0 Å². The fourth-order valence-corrected chi connectivity index (χ4v) is 4.92. The van der Waals surface area contributed by atoms with Gasteiger partial charge in [-0.15, -0.1) is 0 Å². The van der Waals surface area contributed by atoms with Gasteiger partial charge in [0.1, 0.15) is 0 Å². The number of nitrogens with one attached hydrogen (secondary N) is 2. The van der Waals surface area contributed by atoms with Crippen molar-refractivity contribution in [3.05, 3.63) is 70.2 Å². The Kier molecular flexibility index (Phi) is 7.05. The molecule has 2 aliphatic rings. The summed E-state index contributed by atoms with van der Waals surface area (Å²) < 4.78 is 5.08. The fraction of sp³-hybridized carbons (Fsp3) is 0.458. The van der Waals surface area contributed by atoms with E-state index in [4.69, 9.17) is 16.3 Å². The second-order valence-corrected chi connectivity index (χ2v) is 8.70. The van der Waals surface area contributed by atoms with Crippen LogP contribution in [0.25, 0.3) is 0 Å². The minimum Gasteiger partial charge on any atom is -0.383 e. The van der Waals surface area contributed by atoms with Crippen molar-refractivity contribution in [3.63, 3.8) is 0 Å². The van der Waals surface area contributed by atoms with Gasteiger partial charge in [-0.25, -0.2) is 0 Å². The lowest BCUT2D eigenvalue weighted by atomic mass is 10.1. The first kappa shape index (κ1) is 21.3. The van der Waals surface area contributed by atoms with Gasteiger partial charge in [0.05, 0.1) is 12.6 Å². The SMILES string of the molecule is COCCNC(=O)[C@@H]1C[C@@H](NC2Cc3ccccc3C2)CN1Cc1ccccc1Cl. The lowest BCUT2D eigenvalue weighted by Gasteiger charge is -2.24. The number of benzene rings is 2. The third-order valence-corrected chi connectivity index (χ3v) is 6.53. The van der Waals surface area contributed by atoms with Crippen LogP contribution in [-0.2, 0) is 28.9 Å². The molecule has 5 nitrogen and oxygen atoms in total. The standard InChI is InChI=1S/C24H30ClN3O2/c1-30-11-10-26-24(29)23-14-21(16-28(23)15-19-8-4-5-9-22(19)25)27-20-12-17-6-2-3-7-18(17)13-20/h2-9,20-21,23,27H,10-16H2,1H3,(H,26,29)/t21-,23+/m1/s1. The van der Waals surface area contributed by atoms with Crippen molar-refractivity contribution < 1.29 is 9.53 Å². The molecule has 2 N–H and O–H groups in total. The Morgan fingerprint density at radius 1 is 1.10 bits per heavy atom. The van der Waals surface area contributed by atoms with Gasteiger partial charge < -0.3 is 15.4 Å². The van der Waals surface area contributed by atoms with Crippen molar-refractivity contribution in [1.82, 2.24) is 15.5 Å². The van der Waals surface area contributed by atoms with Crippen LogP contribution in [0.1, 0.15) is 23.1 Å². The van der Waals surface area contributed by atoms with Gasteiger partial charge in [-0.3, -0.25) is 9.69 Å². The summed E-state index contributed by atoms with van der Waals surface area (Å²) in [6, 6.07) is 17.1. The summed E-state index contributed by atoms with van der Waals surface area (Å²) in [6.45, 7) is 2.55. The summed E-state index contributed by atoms with van der Waals surface area (Å²) in [6.07, 6.45) is 2.92. The number of halogens is 1. The van der Waals surface area contributed by atoms with Crippen molar-refractivity contribution >= 4 is 17.5 Å². The van der Waals surface area contributed by atoms with Gasteiger partial charge in [0.15, 0.2) is 0 Å². The number of carbonyl (C=O) groups is 1. The molecule has 1 fully saturated rings. The van der Waals surface area contributed by atoms with E-state index in [0.717, 1.165) is 36.4 Å². The number of likely N-dealkylation sites (tertiary alicyclic amines) is 1. The lowest BCUT2D eigenvalue weighted by molar-refractivity contribution is -0.125. The van der Waals surface area contributed by atoms with Crippen molar-refractivity contribution in [1.29, 1.82) is 0 Å². The summed E-state index contributed by atoms with van der Waals surface area (Å²) in [5.41, 5.74) is 3.94. The quantitative estimate of drug-likeness (QED) is 0.636. The van der Waals surface area contributed by atoms with Crippen molar-refractivity contribution in [2.45, 2.75) is 43.9 Å². The minimum absolute atomic E-state index is 0.0677. The molecule has 0 radical (unpaired) electrons. The van der Waals surface area contributed by atoms with E-state index in [2.05, 4.69) is 39.8 Å². The van der Waals surface area contributed by atoms with E-state index < -0.39 is 0 Å². The molecule has 4 rings (SSSR count). The number of fused-ring (bicyclic) bond motifs is 1. The van der Waals surface area contributed by atoms with Gasteiger partial charge in [0.25, 0.3) is 0 Å². The Bertz CT molecular complexity index is 850. The maximum atomic E-state index is 12.9. The third kappa shape index (κ3) is 5.03. The molecule has 1 aliphatic carbocycles. The Balaban J connectivity index is 1.42. The highest BCUT2D eigenvalue weighted by Crippen LogP contribution is 2.27. The van der Waals surface area contributed by atoms with E-state index in [1.165, 1.54) is 11.1 Å². The first-order chi connectivity index (χ1) is 14.6. The molecule has 2 atom stereocenters. The van der Waals surface area contributed by atoms with E-state index >= 15 is 0 Å². The van der Waals surface area contributed by atoms with Crippen LogP contribution >= 0.6 is 11.6 Å². The summed E-state index contributed by atoms with van der Waals surface area (Å²) in [7, 11) is 1.64. The smallest absolute Gasteiger partial charge is 0.237 e. The zero-order valence-electron chi connectivity index (χ0n) is 17.4. The van der Waals surface area contributed by atoms with Crippen LogP contribution in [0.15, 0.2) is 48.5 Å². The van der Waals surface area contributed by atoms with Crippen molar-refractivity contribution in [2.75, 3.05) is 26.8 Å². The van der Waals surface area contributed by atoms with E-state index in [1.807, 2.05) is 24.3 Å². The van der Waals surface area contributed by atoms with Crippen LogP contribution in [0.4, 0.5) is 0 Å². The Morgan fingerprint density at radius 3 is 2.50 bits per heavy atom. The number of methoxy groups -OCH3 is 1. The largest absolute Gasteiger partial charge is 0.383 e. The second kappa shape index (κ2) is 9.92. The molecular formula is C24H30ClN3O2. The van der Waals surface area contributed by atoms with Crippen LogP contribution in [0.5, 0.6) is 0 Å². The number of ether oxygens (including phenoxy) is 1. The molecule has 1 aliphatic heterocycles. The Morgan fingerprint density at radius 2 is 1.80 bits per heavy atom. The maximum Gasteiger partial charge on any atom is 0.237 e. The second-order valence-electron chi connectivity index (χ2n) is 8.29. The van der Waals surface area contributed by atoms with Gasteiger partial charge in [-0.05, 0) is 42.0 Å². The summed E-state index contributed by atoms with van der Waals surface area (Å²) in [4.78, 5) is 15.2. The van der Waals surface area contributed by atoms with Crippen LogP contribution in [0.3, 0.4) is 0 Å². The van der Waals surface area contributed by atoms with E-state index in [0.29, 0.717) is 25.7 Å². The molecule has 160 valence electrons. The molecule has 0 saturated carbocycles. The van der Waals surface area contributed by atoms with Crippen LogP contribution in [0.2, 0.25) is 5.02 Å². The minimum atomic E-state index is -0.167. The summed E-state index contributed by atoms with van der Waals surface area (Å²) >= 11 is 6.40. The van der Waals surface area contributed by atoms with Crippen LogP contribution < -0.4 is 10.6 Å². The highest BCUT2D eigenvalue weighted by Gasteiger charge is 2.38. The average molecular weight is 428 g/mol. The monoisotopic (exact) mass is 427 g/mol. The fourth-order valence-electron chi connectivity index (χ4n) is 4.72. The highest BCUT2D eigenvalue weighted by atomic mass is 35.5. The van der Waals surface area contributed by atoms with E-state index in [-0.39, 0.29) is 18.0 Å². The predicted molar refractivity (Wildman–Crippen MR) is 120 cm³/mol. The van der Waals surface area contributed by atoms with Gasteiger partial charge in [0.2, 0.25) is 5.91 Å². The molecule has 2 aromatic carbocycles. The number of rotatable bonds is 8. The molecule has 1 heterocycles. The number of hydrogen-bond donors (Lipinski definition) is 2. The zero-order valence-corrected chi connectivity index (χ0v) is 18.2. The number of carbonyl (C=O) groups excluding carboxylic acids is 1. The molecule has 30 heavy (non-hydrogen) atoms. The topological polar surface area (TPSA) is 53.6 Å². The number of amides is 1. The summed E-state index contributed by atoms with van der Waals surface area (Å²) in [5, 5.41) is 7.59. The number of hydrogen-bond acceptors (Lipinski definition) is 4. The molecule has 1 amide bonds. The molecule has 0 spiro atoms. The lowest BCUT2D eigenvalue weighted by Crippen LogP contribution is -2.43. The molecule has 0 bridgehead atoms. The highest BCUT2D eigenvalue weighted by molar-refractivity contribution is 6.31. The maximum absolute atomic E-state index is 12.9. The first-order valence-corrected chi connectivity index (χ1v) is 11.1. The molecule has 6 heteroatoms. The molecule has 0 aromatic heterocycles. The Labute approximate surface area is 183 Å². The first-order valence-electron chi connectivity index (χ1n) is 10.7.